The Morgan fingerprint density at radius 3 is 2.73 bits per heavy atom. The summed E-state index contributed by atoms with van der Waals surface area (Å²) < 4.78 is 4.95. The van der Waals surface area contributed by atoms with E-state index in [2.05, 4.69) is 5.32 Å². The Bertz CT molecular complexity index is 251. The van der Waals surface area contributed by atoms with Crippen LogP contribution in [0.25, 0.3) is 0 Å². The Morgan fingerprint density at radius 1 is 1.47 bits per heavy atom. The number of aliphatic hydroxyl groups is 3. The second-order valence-corrected chi connectivity index (χ2v) is 3.70. The van der Waals surface area contributed by atoms with Crippen LogP contribution < -0.4 is 5.32 Å². The summed E-state index contributed by atoms with van der Waals surface area (Å²) in [6, 6.07) is -0.555. The van der Waals surface area contributed by atoms with Gasteiger partial charge in [0.1, 0.15) is 6.10 Å². The molecule has 1 amide bonds. The van der Waals surface area contributed by atoms with E-state index in [1.165, 1.54) is 0 Å². The minimum Gasteiger partial charge on any atom is -0.394 e. The van der Waals surface area contributed by atoms with Crippen LogP contribution in [0.3, 0.4) is 0 Å². The van der Waals surface area contributed by atoms with Gasteiger partial charge in [-0.3, -0.25) is 9.50 Å². The van der Waals surface area contributed by atoms with Crippen molar-refractivity contribution in [2.45, 2.75) is 31.0 Å². The van der Waals surface area contributed by atoms with E-state index in [1.807, 2.05) is 0 Å². The Kier molecular flexibility index (Phi) is 3.61. The molecule has 7 heteroatoms. The summed E-state index contributed by atoms with van der Waals surface area (Å²) in [5.41, 5.74) is 0. The van der Waals surface area contributed by atoms with E-state index in [0.29, 0.717) is 0 Å². The molecule has 0 aromatic carbocycles. The van der Waals surface area contributed by atoms with Crippen LogP contribution in [0.2, 0.25) is 0 Å². The van der Waals surface area contributed by atoms with E-state index in [9.17, 15) is 15.0 Å². The van der Waals surface area contributed by atoms with Gasteiger partial charge in [0.15, 0.2) is 6.29 Å². The van der Waals surface area contributed by atoms with E-state index < -0.39 is 24.5 Å². The molecular formula is C8H14FNO5. The molecule has 4 N–H and O–H groups in total. The summed E-state index contributed by atoms with van der Waals surface area (Å²) >= 11 is 0. The first-order chi connectivity index (χ1) is 6.63. The van der Waals surface area contributed by atoms with Crippen LogP contribution in [-0.4, -0.2) is 52.4 Å². The maximum Gasteiger partial charge on any atom is 0.220 e. The predicted molar refractivity (Wildman–Crippen MR) is 46.5 cm³/mol. The van der Waals surface area contributed by atoms with Crippen molar-refractivity contribution in [1.29, 1.82) is 0 Å². The van der Waals surface area contributed by atoms with Crippen molar-refractivity contribution in [3.8, 4) is 0 Å². The summed E-state index contributed by atoms with van der Waals surface area (Å²) in [6.07, 6.45) is -2.69. The maximum atomic E-state index is 11.0. The SMILES string of the molecule is F.O=C1C[C@H]2[C@H](O)[C@@H](CO)OC(O)[C@@H]2N1. The van der Waals surface area contributed by atoms with Crippen LogP contribution in [-0.2, 0) is 9.53 Å². The normalized spacial score (nSPS) is 44.2. The molecule has 0 aromatic heterocycles. The van der Waals surface area contributed by atoms with Gasteiger partial charge in [-0.05, 0) is 0 Å². The van der Waals surface area contributed by atoms with Crippen LogP contribution in [0.1, 0.15) is 6.42 Å². The Morgan fingerprint density at radius 2 is 2.13 bits per heavy atom. The number of hydrogen-bond acceptors (Lipinski definition) is 5. The molecule has 1 unspecified atom stereocenters. The van der Waals surface area contributed by atoms with E-state index in [1.54, 1.807) is 0 Å². The molecule has 2 saturated heterocycles. The van der Waals surface area contributed by atoms with Gasteiger partial charge in [-0.1, -0.05) is 0 Å². The largest absolute Gasteiger partial charge is 0.394 e. The molecular weight excluding hydrogens is 209 g/mol. The molecule has 0 radical (unpaired) electrons. The molecule has 0 saturated carbocycles. The molecule has 15 heavy (non-hydrogen) atoms. The van der Waals surface area contributed by atoms with Crippen LogP contribution in [0.4, 0.5) is 4.70 Å². The quantitative estimate of drug-likeness (QED) is 0.401. The third-order valence-corrected chi connectivity index (χ3v) is 2.83. The zero-order valence-corrected chi connectivity index (χ0v) is 7.87. The van der Waals surface area contributed by atoms with Crippen molar-refractivity contribution in [2.24, 2.45) is 5.92 Å². The van der Waals surface area contributed by atoms with E-state index in [0.717, 1.165) is 0 Å². The number of aliphatic hydroxyl groups excluding tert-OH is 3. The van der Waals surface area contributed by atoms with Crippen molar-refractivity contribution in [3.05, 3.63) is 0 Å². The van der Waals surface area contributed by atoms with Crippen LogP contribution in [0.15, 0.2) is 0 Å². The minimum atomic E-state index is -1.15. The molecule has 5 atom stereocenters. The lowest BCUT2D eigenvalue weighted by Crippen LogP contribution is -2.56. The van der Waals surface area contributed by atoms with Gasteiger partial charge in [0.05, 0.1) is 18.8 Å². The molecule has 6 nitrogen and oxygen atoms in total. The third-order valence-electron chi connectivity index (χ3n) is 2.83. The molecule has 0 bridgehead atoms. The number of hydrogen-bond donors (Lipinski definition) is 4. The van der Waals surface area contributed by atoms with E-state index in [-0.39, 0.29) is 29.6 Å². The van der Waals surface area contributed by atoms with Gasteiger partial charge in [0, 0.05) is 12.3 Å². The fourth-order valence-corrected chi connectivity index (χ4v) is 2.08. The van der Waals surface area contributed by atoms with Crippen LogP contribution >= 0.6 is 0 Å². The number of halogens is 1. The number of fused-ring (bicyclic) bond motifs is 1. The fraction of sp³-hybridized carbons (Fsp3) is 0.875. The lowest BCUT2D eigenvalue weighted by molar-refractivity contribution is -0.234. The number of nitrogens with one attached hydrogen (secondary N) is 1. The minimum absolute atomic E-state index is 0. The highest BCUT2D eigenvalue weighted by atomic mass is 19.0. The number of amides is 1. The molecule has 88 valence electrons. The zero-order chi connectivity index (χ0) is 10.3. The third kappa shape index (κ3) is 1.96. The Labute approximate surface area is 85.2 Å². The van der Waals surface area contributed by atoms with Crippen molar-refractivity contribution in [2.75, 3.05) is 6.61 Å². The number of carbonyl (C=O) groups is 1. The smallest absolute Gasteiger partial charge is 0.220 e. The number of carbonyl (C=O) groups excluding carboxylic acids is 1. The number of rotatable bonds is 1. The van der Waals surface area contributed by atoms with Gasteiger partial charge < -0.3 is 25.4 Å². The summed E-state index contributed by atoms with van der Waals surface area (Å²) in [7, 11) is 0. The summed E-state index contributed by atoms with van der Waals surface area (Å²) in [6.45, 7) is -0.365. The fourth-order valence-electron chi connectivity index (χ4n) is 2.08. The Balaban J connectivity index is 0.00000112. The predicted octanol–water partition coefficient (Wildman–Crippen LogP) is -2.29. The van der Waals surface area contributed by atoms with Crippen molar-refractivity contribution in [3.63, 3.8) is 0 Å². The molecule has 2 aliphatic rings. The topological polar surface area (TPSA) is 99.0 Å². The molecule has 2 aliphatic heterocycles. The molecule has 0 spiro atoms. The average Bonchev–Trinajstić information content (AvgIpc) is 2.54. The Hall–Kier alpha value is -0.760. The lowest BCUT2D eigenvalue weighted by atomic mass is 9.88. The van der Waals surface area contributed by atoms with Crippen LogP contribution in [0, 0.1) is 5.92 Å². The average molecular weight is 223 g/mol. The molecule has 0 aromatic rings. The maximum absolute atomic E-state index is 11.0. The highest BCUT2D eigenvalue weighted by Crippen LogP contribution is 2.31. The standard InChI is InChI=1S/C8H13NO5.FH/c10-2-4-7(12)3-1-5(11)9-6(3)8(13)14-4;/h3-4,6-8,10,12-13H,1-2H2,(H,9,11);1H/t3-,4-,6-,7+,8?;/m1./s1. The van der Waals surface area contributed by atoms with Crippen molar-refractivity contribution < 1.29 is 29.6 Å². The van der Waals surface area contributed by atoms with Gasteiger partial charge in [0.2, 0.25) is 5.91 Å². The first-order valence-electron chi connectivity index (χ1n) is 4.55. The van der Waals surface area contributed by atoms with E-state index >= 15 is 0 Å². The highest BCUT2D eigenvalue weighted by molar-refractivity contribution is 5.79. The summed E-state index contributed by atoms with van der Waals surface area (Å²) in [5.74, 6) is -0.580. The zero-order valence-electron chi connectivity index (χ0n) is 7.87. The monoisotopic (exact) mass is 223 g/mol. The van der Waals surface area contributed by atoms with Gasteiger partial charge in [-0.2, -0.15) is 0 Å². The highest BCUT2D eigenvalue weighted by Gasteiger charge is 2.49. The summed E-state index contributed by atoms with van der Waals surface area (Å²) in [5, 5.41) is 30.5. The first-order valence-corrected chi connectivity index (χ1v) is 4.55. The second kappa shape index (κ2) is 4.40. The molecule has 0 aliphatic carbocycles. The second-order valence-electron chi connectivity index (χ2n) is 3.70. The summed E-state index contributed by atoms with van der Waals surface area (Å²) in [4.78, 5) is 11.0. The van der Waals surface area contributed by atoms with Gasteiger partial charge in [-0.15, -0.1) is 0 Å². The molecule has 2 rings (SSSR count). The molecule has 2 heterocycles. The lowest BCUT2D eigenvalue weighted by Gasteiger charge is -2.38. The van der Waals surface area contributed by atoms with Crippen molar-refractivity contribution >= 4 is 5.91 Å². The molecule has 2 fully saturated rings. The van der Waals surface area contributed by atoms with Gasteiger partial charge in [0.25, 0.3) is 0 Å². The first kappa shape index (κ1) is 12.3. The van der Waals surface area contributed by atoms with E-state index in [4.69, 9.17) is 9.84 Å². The number of ether oxygens (including phenoxy) is 1. The van der Waals surface area contributed by atoms with Gasteiger partial charge >= 0.3 is 0 Å². The van der Waals surface area contributed by atoms with Crippen molar-refractivity contribution in [1.82, 2.24) is 5.32 Å². The van der Waals surface area contributed by atoms with Gasteiger partial charge in [-0.25, -0.2) is 0 Å². The van der Waals surface area contributed by atoms with Crippen LogP contribution in [0.5, 0.6) is 0 Å².